The Hall–Kier alpha value is -0.460. The van der Waals surface area contributed by atoms with Crippen molar-refractivity contribution in [2.75, 3.05) is 6.61 Å². The maximum absolute atomic E-state index is 5.32. The lowest BCUT2D eigenvalue weighted by molar-refractivity contribution is 0.226. The molecule has 0 saturated heterocycles. The second-order valence-corrected chi connectivity index (χ2v) is 2.91. The number of ether oxygens (including phenoxy) is 1. The highest BCUT2D eigenvalue weighted by Gasteiger charge is 2.06. The molecule has 1 aliphatic heterocycles. The average molecular weight is 126 g/mol. The van der Waals surface area contributed by atoms with Gasteiger partial charge in [-0.15, -0.1) is 0 Å². The van der Waals surface area contributed by atoms with Crippen molar-refractivity contribution in [2.24, 2.45) is 5.92 Å². The van der Waals surface area contributed by atoms with Crippen LogP contribution in [-0.4, -0.2) is 6.61 Å². The van der Waals surface area contributed by atoms with Gasteiger partial charge < -0.3 is 4.74 Å². The summed E-state index contributed by atoms with van der Waals surface area (Å²) in [7, 11) is 0. The van der Waals surface area contributed by atoms with Crippen molar-refractivity contribution in [1.82, 2.24) is 0 Å². The van der Waals surface area contributed by atoms with Gasteiger partial charge in [-0.25, -0.2) is 0 Å². The lowest BCUT2D eigenvalue weighted by atomic mass is 10.1. The molecule has 0 fully saturated rings. The molecule has 9 heavy (non-hydrogen) atoms. The zero-order valence-electron chi connectivity index (χ0n) is 6.18. The summed E-state index contributed by atoms with van der Waals surface area (Å²) in [5.41, 5.74) is 0. The largest absolute Gasteiger partial charge is 0.498 e. The van der Waals surface area contributed by atoms with Crippen LogP contribution in [-0.2, 0) is 4.74 Å². The van der Waals surface area contributed by atoms with Crippen LogP contribution in [0.1, 0.15) is 26.7 Å². The maximum Gasteiger partial charge on any atom is 0.0923 e. The van der Waals surface area contributed by atoms with Gasteiger partial charge in [-0.05, 0) is 12.0 Å². The van der Waals surface area contributed by atoms with Crippen LogP contribution in [0.4, 0.5) is 0 Å². The molecule has 0 radical (unpaired) electrons. The van der Waals surface area contributed by atoms with Gasteiger partial charge in [0.25, 0.3) is 0 Å². The van der Waals surface area contributed by atoms with Gasteiger partial charge >= 0.3 is 0 Å². The normalized spacial score (nSPS) is 17.9. The molecule has 0 aromatic heterocycles. The van der Waals surface area contributed by atoms with Crippen LogP contribution in [0.5, 0.6) is 0 Å². The summed E-state index contributed by atoms with van der Waals surface area (Å²) in [5, 5.41) is 0. The number of hydrogen-bond donors (Lipinski definition) is 0. The molecule has 1 nitrogen and oxygen atoms in total. The first-order valence-corrected chi connectivity index (χ1v) is 3.61. The fourth-order valence-corrected chi connectivity index (χ4v) is 1.01. The van der Waals surface area contributed by atoms with Crippen molar-refractivity contribution in [3.05, 3.63) is 11.8 Å². The molecule has 0 aromatic rings. The molecule has 1 aliphatic rings. The minimum Gasteiger partial charge on any atom is -0.498 e. The Balaban J connectivity index is 2.26. The van der Waals surface area contributed by atoms with Crippen molar-refractivity contribution in [1.29, 1.82) is 0 Å². The van der Waals surface area contributed by atoms with Crippen molar-refractivity contribution < 1.29 is 4.74 Å². The molecule has 0 aromatic carbocycles. The summed E-state index contributed by atoms with van der Waals surface area (Å²) in [5.74, 6) is 1.93. The molecule has 0 N–H and O–H groups in total. The maximum atomic E-state index is 5.32. The van der Waals surface area contributed by atoms with Crippen LogP contribution >= 0.6 is 0 Å². The summed E-state index contributed by atoms with van der Waals surface area (Å²) >= 11 is 0. The zero-order chi connectivity index (χ0) is 6.69. The first-order chi connectivity index (χ1) is 4.29. The molecule has 1 heterocycles. The highest BCUT2D eigenvalue weighted by Crippen LogP contribution is 2.17. The molecule has 1 rings (SSSR count). The quantitative estimate of drug-likeness (QED) is 0.551. The Morgan fingerprint density at radius 1 is 1.67 bits per heavy atom. The van der Waals surface area contributed by atoms with Crippen LogP contribution in [0.2, 0.25) is 0 Å². The molecule has 0 saturated carbocycles. The first kappa shape index (κ1) is 6.66. The van der Waals surface area contributed by atoms with E-state index in [0.717, 1.165) is 25.4 Å². The summed E-state index contributed by atoms with van der Waals surface area (Å²) in [6.07, 6.45) is 4.42. The lowest BCUT2D eigenvalue weighted by Gasteiger charge is -2.04. The van der Waals surface area contributed by atoms with Gasteiger partial charge in [0, 0.05) is 12.8 Å². The highest BCUT2D eigenvalue weighted by molar-refractivity contribution is 4.98. The summed E-state index contributed by atoms with van der Waals surface area (Å²) < 4.78 is 5.32. The van der Waals surface area contributed by atoms with Gasteiger partial charge in [-0.3, -0.25) is 0 Å². The Morgan fingerprint density at radius 2 is 2.44 bits per heavy atom. The third kappa shape index (κ3) is 2.08. The first-order valence-electron chi connectivity index (χ1n) is 3.61. The molecule has 0 amide bonds. The van der Waals surface area contributed by atoms with Gasteiger partial charge in [0.15, 0.2) is 0 Å². The molecule has 1 heteroatoms. The second-order valence-electron chi connectivity index (χ2n) is 2.91. The summed E-state index contributed by atoms with van der Waals surface area (Å²) in [6.45, 7) is 5.33. The van der Waals surface area contributed by atoms with Gasteiger partial charge in [0.2, 0.25) is 0 Å². The van der Waals surface area contributed by atoms with E-state index in [1.54, 1.807) is 0 Å². The van der Waals surface area contributed by atoms with E-state index in [9.17, 15) is 0 Å². The fraction of sp³-hybridized carbons (Fsp3) is 0.750. The van der Waals surface area contributed by atoms with Crippen molar-refractivity contribution in [3.8, 4) is 0 Å². The summed E-state index contributed by atoms with van der Waals surface area (Å²) in [6, 6.07) is 0. The van der Waals surface area contributed by atoms with Gasteiger partial charge in [-0.2, -0.15) is 0 Å². The fourth-order valence-electron chi connectivity index (χ4n) is 1.01. The molecule has 0 spiro atoms. The van der Waals surface area contributed by atoms with E-state index < -0.39 is 0 Å². The molecule has 0 unspecified atom stereocenters. The molecular formula is C8H14O. The van der Waals surface area contributed by atoms with E-state index in [0.29, 0.717) is 0 Å². The van der Waals surface area contributed by atoms with E-state index in [-0.39, 0.29) is 0 Å². The molecule has 0 aliphatic carbocycles. The van der Waals surface area contributed by atoms with Crippen LogP contribution in [0.25, 0.3) is 0 Å². The Bertz CT molecular complexity index is 114. The highest BCUT2D eigenvalue weighted by atomic mass is 16.5. The lowest BCUT2D eigenvalue weighted by Crippen LogP contribution is -1.91. The minimum atomic E-state index is 0.731. The topological polar surface area (TPSA) is 9.23 Å². The molecular weight excluding hydrogens is 112 g/mol. The van der Waals surface area contributed by atoms with Gasteiger partial charge in [0.05, 0.1) is 12.4 Å². The average Bonchev–Trinajstić information content (AvgIpc) is 2.15. The molecule has 0 bridgehead atoms. The van der Waals surface area contributed by atoms with Crippen LogP contribution < -0.4 is 0 Å². The Labute approximate surface area is 56.7 Å². The van der Waals surface area contributed by atoms with Crippen molar-refractivity contribution in [2.45, 2.75) is 26.7 Å². The zero-order valence-corrected chi connectivity index (χ0v) is 6.18. The van der Waals surface area contributed by atoms with E-state index >= 15 is 0 Å². The standard InChI is InChI=1S/C8H14O/c1-7(2)6-8-4-3-5-9-8/h4,7H,3,5-6H2,1-2H3. The number of rotatable bonds is 2. The van der Waals surface area contributed by atoms with Gasteiger partial charge in [0.1, 0.15) is 0 Å². The van der Waals surface area contributed by atoms with Crippen LogP contribution in [0, 0.1) is 5.92 Å². The third-order valence-electron chi connectivity index (χ3n) is 1.39. The van der Waals surface area contributed by atoms with Crippen molar-refractivity contribution in [3.63, 3.8) is 0 Å². The van der Waals surface area contributed by atoms with Crippen LogP contribution in [0.15, 0.2) is 11.8 Å². The minimum absolute atomic E-state index is 0.731. The Kier molecular flexibility index (Phi) is 2.15. The smallest absolute Gasteiger partial charge is 0.0923 e. The predicted octanol–water partition coefficient (Wildman–Crippen LogP) is 2.34. The monoisotopic (exact) mass is 126 g/mol. The number of hydrogen-bond acceptors (Lipinski definition) is 1. The third-order valence-corrected chi connectivity index (χ3v) is 1.39. The molecule has 0 atom stereocenters. The van der Waals surface area contributed by atoms with E-state index in [4.69, 9.17) is 4.74 Å². The summed E-state index contributed by atoms with van der Waals surface area (Å²) in [4.78, 5) is 0. The van der Waals surface area contributed by atoms with E-state index in [2.05, 4.69) is 19.9 Å². The van der Waals surface area contributed by atoms with E-state index in [1.165, 1.54) is 5.76 Å². The second kappa shape index (κ2) is 2.90. The Morgan fingerprint density at radius 3 is 2.89 bits per heavy atom. The van der Waals surface area contributed by atoms with E-state index in [1.807, 2.05) is 0 Å². The van der Waals surface area contributed by atoms with Gasteiger partial charge in [-0.1, -0.05) is 13.8 Å². The SMILES string of the molecule is CC(C)CC1=CCCO1. The van der Waals surface area contributed by atoms with Crippen molar-refractivity contribution >= 4 is 0 Å². The van der Waals surface area contributed by atoms with Crippen LogP contribution in [0.3, 0.4) is 0 Å². The number of allylic oxidation sites excluding steroid dienone is 1. The predicted molar refractivity (Wildman–Crippen MR) is 38.1 cm³/mol. The molecule has 52 valence electrons.